The Morgan fingerprint density at radius 1 is 1.30 bits per heavy atom. The summed E-state index contributed by atoms with van der Waals surface area (Å²) in [4.78, 5) is 27.7. The molecule has 0 bridgehead atoms. The number of rotatable bonds is 6. The van der Waals surface area contributed by atoms with Crippen LogP contribution in [0.1, 0.15) is 43.9 Å². The quantitative estimate of drug-likeness (QED) is 0.666. The van der Waals surface area contributed by atoms with Gasteiger partial charge in [0.1, 0.15) is 17.6 Å². The van der Waals surface area contributed by atoms with Gasteiger partial charge in [-0.3, -0.25) is 9.78 Å². The first kappa shape index (κ1) is 17.4. The van der Waals surface area contributed by atoms with E-state index >= 15 is 0 Å². The van der Waals surface area contributed by atoms with Gasteiger partial charge in [-0.15, -0.1) is 0 Å². The highest BCUT2D eigenvalue weighted by Gasteiger charge is 2.34. The molecule has 0 N–H and O–H groups in total. The number of likely N-dealkylation sites (tertiary alicyclic amines) is 1. The van der Waals surface area contributed by atoms with Crippen molar-refractivity contribution in [2.75, 3.05) is 6.54 Å². The third-order valence-electron chi connectivity index (χ3n) is 4.88. The molecule has 140 valence electrons. The van der Waals surface area contributed by atoms with Gasteiger partial charge in [-0.2, -0.15) is 4.98 Å². The Labute approximate surface area is 157 Å². The molecule has 1 atom stereocenters. The summed E-state index contributed by atoms with van der Waals surface area (Å²) >= 11 is 0. The van der Waals surface area contributed by atoms with Crippen molar-refractivity contribution in [3.63, 3.8) is 0 Å². The van der Waals surface area contributed by atoms with Gasteiger partial charge in [0.25, 0.3) is 0 Å². The molecular weight excluding hydrogens is 344 g/mol. The number of aromatic nitrogens is 5. The minimum absolute atomic E-state index is 0.103. The van der Waals surface area contributed by atoms with Gasteiger partial charge in [0.2, 0.25) is 17.6 Å². The van der Waals surface area contributed by atoms with E-state index in [0.717, 1.165) is 31.6 Å². The molecule has 8 nitrogen and oxygen atoms in total. The summed E-state index contributed by atoms with van der Waals surface area (Å²) in [5.41, 5.74) is 0.663. The number of carbonyl (C=O) groups is 1. The maximum absolute atomic E-state index is 12.8. The minimum atomic E-state index is -0.157. The van der Waals surface area contributed by atoms with Crippen molar-refractivity contribution in [2.45, 2.75) is 45.2 Å². The lowest BCUT2D eigenvalue weighted by Gasteiger charge is -2.22. The first-order valence-electron chi connectivity index (χ1n) is 9.30. The van der Waals surface area contributed by atoms with Gasteiger partial charge in [-0.1, -0.05) is 18.1 Å². The van der Waals surface area contributed by atoms with E-state index in [0.29, 0.717) is 30.4 Å². The third kappa shape index (κ3) is 3.60. The van der Waals surface area contributed by atoms with Crippen LogP contribution in [0.15, 0.2) is 41.3 Å². The number of carbonyl (C=O) groups excluding carboxylic acids is 1. The second kappa shape index (κ2) is 7.69. The van der Waals surface area contributed by atoms with Crippen molar-refractivity contribution >= 4 is 5.91 Å². The van der Waals surface area contributed by atoms with Crippen molar-refractivity contribution in [2.24, 2.45) is 0 Å². The Morgan fingerprint density at radius 2 is 2.22 bits per heavy atom. The maximum Gasteiger partial charge on any atom is 0.249 e. The van der Waals surface area contributed by atoms with Crippen LogP contribution < -0.4 is 0 Å². The Morgan fingerprint density at radius 3 is 3.04 bits per heavy atom. The highest BCUT2D eigenvalue weighted by molar-refractivity contribution is 5.76. The molecule has 0 saturated carbocycles. The second-order valence-corrected chi connectivity index (χ2v) is 6.56. The van der Waals surface area contributed by atoms with Crippen molar-refractivity contribution in [3.05, 3.63) is 48.5 Å². The van der Waals surface area contributed by atoms with Crippen LogP contribution in [0.2, 0.25) is 0 Å². The van der Waals surface area contributed by atoms with Crippen LogP contribution in [0.5, 0.6) is 0 Å². The fourth-order valence-electron chi connectivity index (χ4n) is 3.51. The number of hydrogen-bond donors (Lipinski definition) is 0. The lowest BCUT2D eigenvalue weighted by Crippen LogP contribution is -2.31. The fraction of sp³-hybridized carbons (Fsp3) is 0.421. The van der Waals surface area contributed by atoms with Crippen LogP contribution >= 0.6 is 0 Å². The number of nitrogens with zero attached hydrogens (tertiary/aromatic N) is 6. The van der Waals surface area contributed by atoms with Gasteiger partial charge in [-0.25, -0.2) is 4.98 Å². The van der Waals surface area contributed by atoms with Crippen LogP contribution in [0.3, 0.4) is 0 Å². The lowest BCUT2D eigenvalue weighted by atomic mass is 10.2. The first-order valence-corrected chi connectivity index (χ1v) is 9.30. The van der Waals surface area contributed by atoms with Crippen molar-refractivity contribution in [1.29, 1.82) is 0 Å². The minimum Gasteiger partial charge on any atom is -0.337 e. The van der Waals surface area contributed by atoms with Gasteiger partial charge in [0, 0.05) is 44.5 Å². The van der Waals surface area contributed by atoms with Crippen molar-refractivity contribution in [3.8, 4) is 11.5 Å². The van der Waals surface area contributed by atoms with Crippen molar-refractivity contribution < 1.29 is 9.32 Å². The van der Waals surface area contributed by atoms with Gasteiger partial charge in [-0.05, 0) is 25.0 Å². The normalized spacial score (nSPS) is 16.8. The molecule has 1 fully saturated rings. The van der Waals surface area contributed by atoms with Crippen LogP contribution in [0.4, 0.5) is 0 Å². The molecular formula is C19H22N6O2. The van der Waals surface area contributed by atoms with E-state index in [4.69, 9.17) is 4.52 Å². The molecule has 8 heteroatoms. The van der Waals surface area contributed by atoms with Crippen LogP contribution in [-0.2, 0) is 17.8 Å². The summed E-state index contributed by atoms with van der Waals surface area (Å²) in [7, 11) is 0. The van der Waals surface area contributed by atoms with Gasteiger partial charge >= 0.3 is 0 Å². The number of aryl methyl sites for hydroxylation is 2. The largest absolute Gasteiger partial charge is 0.337 e. The molecule has 0 radical (unpaired) electrons. The zero-order chi connectivity index (χ0) is 18.6. The molecule has 0 unspecified atom stereocenters. The molecule has 0 aromatic carbocycles. The molecule has 27 heavy (non-hydrogen) atoms. The Balaban J connectivity index is 1.44. The zero-order valence-electron chi connectivity index (χ0n) is 15.3. The lowest BCUT2D eigenvalue weighted by molar-refractivity contribution is -0.132. The topological polar surface area (TPSA) is 89.9 Å². The second-order valence-electron chi connectivity index (χ2n) is 6.56. The molecule has 0 spiro atoms. The van der Waals surface area contributed by atoms with Gasteiger partial charge in [0.05, 0.1) is 0 Å². The van der Waals surface area contributed by atoms with E-state index in [-0.39, 0.29) is 11.9 Å². The van der Waals surface area contributed by atoms with E-state index < -0.39 is 0 Å². The smallest absolute Gasteiger partial charge is 0.249 e. The molecule has 3 aromatic heterocycles. The summed E-state index contributed by atoms with van der Waals surface area (Å²) in [5, 5.41) is 4.04. The molecule has 0 aliphatic carbocycles. The van der Waals surface area contributed by atoms with Crippen LogP contribution in [0.25, 0.3) is 11.5 Å². The summed E-state index contributed by atoms with van der Waals surface area (Å²) in [5.74, 6) is 2.04. The van der Waals surface area contributed by atoms with Crippen LogP contribution in [0, 0.1) is 0 Å². The highest BCUT2D eigenvalue weighted by Crippen LogP contribution is 2.32. The zero-order valence-corrected chi connectivity index (χ0v) is 15.3. The molecule has 1 aliphatic rings. The predicted octanol–water partition coefficient (Wildman–Crippen LogP) is 2.64. The number of amides is 1. The molecule has 1 aliphatic heterocycles. The SMILES string of the molecule is CCc1nccn1CCC(=O)N1CCC[C@@H]1c1nc(-c2ccccn2)no1. The maximum atomic E-state index is 12.8. The third-order valence-corrected chi connectivity index (χ3v) is 4.88. The molecule has 1 amide bonds. The molecule has 4 rings (SSSR count). The summed E-state index contributed by atoms with van der Waals surface area (Å²) < 4.78 is 7.50. The Hall–Kier alpha value is -3.03. The molecule has 3 aromatic rings. The molecule has 4 heterocycles. The van der Waals surface area contributed by atoms with E-state index in [1.54, 1.807) is 12.4 Å². The van der Waals surface area contributed by atoms with E-state index in [1.807, 2.05) is 33.9 Å². The van der Waals surface area contributed by atoms with E-state index in [9.17, 15) is 4.79 Å². The molecule has 1 saturated heterocycles. The highest BCUT2D eigenvalue weighted by atomic mass is 16.5. The number of imidazole rings is 1. The first-order chi connectivity index (χ1) is 13.3. The number of hydrogen-bond acceptors (Lipinski definition) is 6. The average Bonchev–Trinajstić information content (AvgIpc) is 3.46. The standard InChI is InChI=1S/C19H22N6O2/c1-2-16-21-10-13-24(16)12-8-17(26)25-11-5-7-15(25)19-22-18(23-27-19)14-6-3-4-9-20-14/h3-4,6,9-10,13,15H,2,5,7-8,11-12H2,1H3/t15-/m1/s1. The van der Waals surface area contributed by atoms with Gasteiger partial charge < -0.3 is 14.0 Å². The van der Waals surface area contributed by atoms with E-state index in [2.05, 4.69) is 27.0 Å². The van der Waals surface area contributed by atoms with Crippen LogP contribution in [-0.4, -0.2) is 42.0 Å². The summed E-state index contributed by atoms with van der Waals surface area (Å²) in [6.45, 7) is 3.41. The van der Waals surface area contributed by atoms with Crippen molar-refractivity contribution in [1.82, 2.24) is 29.6 Å². The van der Waals surface area contributed by atoms with E-state index in [1.165, 1.54) is 0 Å². The summed E-state index contributed by atoms with van der Waals surface area (Å²) in [6.07, 6.45) is 8.44. The predicted molar refractivity (Wildman–Crippen MR) is 97.4 cm³/mol. The Bertz CT molecular complexity index is 904. The fourth-order valence-corrected chi connectivity index (χ4v) is 3.51. The van der Waals surface area contributed by atoms with Gasteiger partial charge in [0.15, 0.2) is 0 Å². The Kier molecular flexibility index (Phi) is 4.95. The monoisotopic (exact) mass is 366 g/mol. The summed E-state index contributed by atoms with van der Waals surface area (Å²) in [6, 6.07) is 5.40. The number of pyridine rings is 1. The average molecular weight is 366 g/mol.